The lowest BCUT2D eigenvalue weighted by molar-refractivity contribution is -0.233. The van der Waals surface area contributed by atoms with Crippen LogP contribution in [0, 0.1) is 11.8 Å². The fraction of sp³-hybridized carbons (Fsp3) is 0.375. The molecule has 0 aromatic heterocycles. The van der Waals surface area contributed by atoms with Crippen molar-refractivity contribution >= 4 is 28.2 Å². The van der Waals surface area contributed by atoms with E-state index < -0.39 is 69.6 Å². The SMILES string of the molecule is CC[Si](CC)(CC)OC(C#Cc1ccc(S(C)(=O)=O)cc1)(c1ccccc1-c1ccccc1S(=O)(=O)NCCC(F)(F)F)C(F)(F)F. The van der Waals surface area contributed by atoms with Gasteiger partial charge in [0.25, 0.3) is 0 Å². The van der Waals surface area contributed by atoms with Gasteiger partial charge in [0.05, 0.1) is 16.2 Å². The second kappa shape index (κ2) is 14.5. The fourth-order valence-corrected chi connectivity index (χ4v) is 9.76. The second-order valence-corrected chi connectivity index (χ2v) is 19.3. The van der Waals surface area contributed by atoms with Gasteiger partial charge in [-0.05, 0) is 59.9 Å². The highest BCUT2D eigenvalue weighted by Crippen LogP contribution is 2.49. The molecule has 15 heteroatoms. The molecule has 0 aliphatic carbocycles. The molecule has 0 saturated carbocycles. The molecule has 0 radical (unpaired) electrons. The van der Waals surface area contributed by atoms with Crippen LogP contribution in [0.1, 0.15) is 38.3 Å². The Morgan fingerprint density at radius 1 is 0.766 bits per heavy atom. The van der Waals surface area contributed by atoms with Gasteiger partial charge in [0, 0.05) is 29.5 Å². The first-order chi connectivity index (χ1) is 21.7. The highest BCUT2D eigenvalue weighted by Gasteiger charge is 2.60. The molecule has 1 N–H and O–H groups in total. The normalized spacial score (nSPS) is 14.3. The zero-order chi connectivity index (χ0) is 35.3. The average molecular weight is 720 g/mol. The molecule has 1 atom stereocenters. The van der Waals surface area contributed by atoms with E-state index in [9.17, 15) is 30.0 Å². The largest absolute Gasteiger partial charge is 0.432 e. The van der Waals surface area contributed by atoms with Crippen LogP contribution in [0.25, 0.3) is 11.1 Å². The molecule has 6 nitrogen and oxygen atoms in total. The maximum absolute atomic E-state index is 15.7. The number of nitrogens with one attached hydrogen (secondary N) is 1. The molecule has 3 aromatic carbocycles. The van der Waals surface area contributed by atoms with Gasteiger partial charge in [0.2, 0.25) is 15.6 Å². The molecule has 256 valence electrons. The minimum absolute atomic E-state index is 0.0530. The van der Waals surface area contributed by atoms with Gasteiger partial charge in [-0.3, -0.25) is 0 Å². The molecular weight excluding hydrogens is 685 g/mol. The molecule has 3 aromatic rings. The number of alkyl halides is 6. The number of sulfone groups is 1. The standard InChI is InChI=1S/C32H35F6NO5S2Si/c1-5-47(6-2,7-3)44-30(32(36,37)38,21-20-24-16-18-25(19-17-24)45(4,40)41)28-14-10-8-12-26(28)27-13-9-11-15-29(27)46(42,43)39-23-22-31(33,34)35/h8-19,39H,5-7,22-23H2,1-4H3. The summed E-state index contributed by atoms with van der Waals surface area (Å²) in [5, 5.41) is 0. The Kier molecular flexibility index (Phi) is 11.8. The quantitative estimate of drug-likeness (QED) is 0.117. The molecule has 0 bridgehead atoms. The smallest absolute Gasteiger partial charge is 0.391 e. The summed E-state index contributed by atoms with van der Waals surface area (Å²) in [5.74, 6) is 4.86. The highest BCUT2D eigenvalue weighted by molar-refractivity contribution is 7.90. The van der Waals surface area contributed by atoms with E-state index in [1.54, 1.807) is 20.8 Å². The zero-order valence-electron chi connectivity index (χ0n) is 26.1. The van der Waals surface area contributed by atoms with Crippen LogP contribution in [0.5, 0.6) is 0 Å². The van der Waals surface area contributed by atoms with Crippen molar-refractivity contribution in [3.05, 3.63) is 83.9 Å². The Balaban J connectivity index is 2.37. The summed E-state index contributed by atoms with van der Waals surface area (Å²) >= 11 is 0. The number of hydrogen-bond acceptors (Lipinski definition) is 5. The van der Waals surface area contributed by atoms with Gasteiger partial charge < -0.3 is 4.43 Å². The maximum Gasteiger partial charge on any atom is 0.432 e. The third-order valence-corrected chi connectivity index (χ3v) is 15.1. The van der Waals surface area contributed by atoms with Gasteiger partial charge in [0.15, 0.2) is 18.2 Å². The summed E-state index contributed by atoms with van der Waals surface area (Å²) in [7, 11) is -11.4. The first kappa shape index (κ1) is 38.3. The van der Waals surface area contributed by atoms with Crippen LogP contribution in [-0.4, -0.2) is 50.3 Å². The van der Waals surface area contributed by atoms with Crippen molar-refractivity contribution in [3.8, 4) is 23.0 Å². The summed E-state index contributed by atoms with van der Waals surface area (Å²) in [4.78, 5) is -0.581. The van der Waals surface area contributed by atoms with Crippen LogP contribution in [-0.2, 0) is 29.9 Å². The minimum Gasteiger partial charge on any atom is -0.391 e. The van der Waals surface area contributed by atoms with Gasteiger partial charge in [-0.15, -0.1) is 0 Å². The first-order valence-electron chi connectivity index (χ1n) is 14.6. The monoisotopic (exact) mass is 719 g/mol. The summed E-state index contributed by atoms with van der Waals surface area (Å²) in [6.07, 6.45) is -10.3. The Labute approximate surface area is 272 Å². The minimum atomic E-state index is -5.18. The maximum atomic E-state index is 15.7. The van der Waals surface area contributed by atoms with E-state index in [0.29, 0.717) is 18.1 Å². The van der Waals surface area contributed by atoms with Crippen LogP contribution in [0.15, 0.2) is 82.6 Å². The van der Waals surface area contributed by atoms with Crippen molar-refractivity contribution in [2.45, 2.75) is 73.1 Å². The van der Waals surface area contributed by atoms with Gasteiger partial charge in [0.1, 0.15) is 0 Å². The fourth-order valence-electron chi connectivity index (χ4n) is 5.02. The predicted octanol–water partition coefficient (Wildman–Crippen LogP) is 7.82. The lowest BCUT2D eigenvalue weighted by Gasteiger charge is -2.41. The topological polar surface area (TPSA) is 89.5 Å². The Bertz CT molecular complexity index is 1820. The van der Waals surface area contributed by atoms with E-state index in [0.717, 1.165) is 18.4 Å². The molecule has 47 heavy (non-hydrogen) atoms. The van der Waals surface area contributed by atoms with Crippen molar-refractivity contribution in [1.82, 2.24) is 4.72 Å². The van der Waals surface area contributed by atoms with Gasteiger partial charge in [-0.25, -0.2) is 21.6 Å². The Morgan fingerprint density at radius 3 is 1.81 bits per heavy atom. The number of halogens is 6. The van der Waals surface area contributed by atoms with Crippen LogP contribution in [0.4, 0.5) is 26.3 Å². The number of sulfonamides is 1. The zero-order valence-corrected chi connectivity index (χ0v) is 28.7. The molecule has 0 heterocycles. The summed E-state index contributed by atoms with van der Waals surface area (Å²) < 4.78 is 144. The molecule has 0 amide bonds. The Morgan fingerprint density at radius 2 is 1.30 bits per heavy atom. The molecule has 0 spiro atoms. The molecule has 3 rings (SSSR count). The van der Waals surface area contributed by atoms with Gasteiger partial charge in [-0.2, -0.15) is 26.3 Å². The van der Waals surface area contributed by atoms with Gasteiger partial charge >= 0.3 is 12.4 Å². The first-order valence-corrected chi connectivity index (χ1v) is 20.5. The average Bonchev–Trinajstić information content (AvgIpc) is 3.00. The van der Waals surface area contributed by atoms with Gasteiger partial charge in [-0.1, -0.05) is 69.2 Å². The van der Waals surface area contributed by atoms with Crippen LogP contribution in [0.3, 0.4) is 0 Å². The van der Waals surface area contributed by atoms with E-state index in [2.05, 4.69) is 11.8 Å². The third-order valence-electron chi connectivity index (χ3n) is 7.84. The van der Waals surface area contributed by atoms with Crippen LogP contribution >= 0.6 is 0 Å². The second-order valence-electron chi connectivity index (χ2n) is 10.9. The molecular formula is C32H35F6NO5S2Si. The number of benzene rings is 3. The van der Waals surface area contributed by atoms with Crippen molar-refractivity contribution in [2.24, 2.45) is 0 Å². The van der Waals surface area contributed by atoms with E-state index in [-0.39, 0.29) is 21.6 Å². The predicted molar refractivity (Wildman–Crippen MR) is 170 cm³/mol. The van der Waals surface area contributed by atoms with E-state index in [4.69, 9.17) is 4.43 Å². The van der Waals surface area contributed by atoms with Crippen LogP contribution in [0.2, 0.25) is 18.1 Å². The highest BCUT2D eigenvalue weighted by atomic mass is 32.2. The van der Waals surface area contributed by atoms with E-state index >= 15 is 13.2 Å². The van der Waals surface area contributed by atoms with Crippen molar-refractivity contribution in [3.63, 3.8) is 0 Å². The molecule has 0 saturated heterocycles. The van der Waals surface area contributed by atoms with Crippen molar-refractivity contribution in [1.29, 1.82) is 0 Å². The number of hydrogen-bond donors (Lipinski definition) is 1. The summed E-state index contributed by atoms with van der Waals surface area (Å²) in [6.45, 7) is 4.23. The van der Waals surface area contributed by atoms with Crippen molar-refractivity contribution < 1.29 is 47.6 Å². The lowest BCUT2D eigenvalue weighted by atomic mass is 9.86. The third kappa shape index (κ3) is 9.05. The van der Waals surface area contributed by atoms with E-state index in [1.165, 1.54) is 60.7 Å². The molecule has 1 unspecified atom stereocenters. The molecule has 0 aliphatic rings. The summed E-state index contributed by atoms with van der Waals surface area (Å²) in [5.41, 5.74) is -4.11. The lowest BCUT2D eigenvalue weighted by Crippen LogP contribution is -2.53. The summed E-state index contributed by atoms with van der Waals surface area (Å²) in [6, 6.07) is 16.1. The molecule has 0 fully saturated rings. The number of rotatable bonds is 12. The van der Waals surface area contributed by atoms with E-state index in [1.807, 2.05) is 4.72 Å². The van der Waals surface area contributed by atoms with Crippen LogP contribution < -0.4 is 4.72 Å². The van der Waals surface area contributed by atoms with Crippen molar-refractivity contribution in [2.75, 3.05) is 12.8 Å². The molecule has 0 aliphatic heterocycles. The Hall–Kier alpha value is -3.16.